The van der Waals surface area contributed by atoms with Gasteiger partial charge in [-0.3, -0.25) is 0 Å². The van der Waals surface area contributed by atoms with E-state index in [1.807, 2.05) is 0 Å². The summed E-state index contributed by atoms with van der Waals surface area (Å²) in [6.07, 6.45) is 0.824. The van der Waals surface area contributed by atoms with Gasteiger partial charge in [0, 0.05) is 29.8 Å². The zero-order valence-electron chi connectivity index (χ0n) is 15.8. The van der Waals surface area contributed by atoms with Gasteiger partial charge in [0.2, 0.25) is 0 Å². The fraction of sp³-hybridized carbons (Fsp3) is 0.500. The number of hydrogen-bond donors (Lipinski definition) is 0. The predicted octanol–water partition coefficient (Wildman–Crippen LogP) is 3.96. The van der Waals surface area contributed by atoms with Gasteiger partial charge in [-0.05, 0) is 34.9 Å². The second-order valence-electron chi connectivity index (χ2n) is 7.52. The molecule has 0 amide bonds. The van der Waals surface area contributed by atoms with Gasteiger partial charge in [0.1, 0.15) is 5.03 Å². The van der Waals surface area contributed by atoms with Gasteiger partial charge in [-0.1, -0.05) is 29.8 Å². The molecule has 4 nitrogen and oxygen atoms in total. The molecule has 0 fully saturated rings. The summed E-state index contributed by atoms with van der Waals surface area (Å²) in [4.78, 5) is 12.0. The Balaban J connectivity index is 1.97. The van der Waals surface area contributed by atoms with Gasteiger partial charge in [0.15, 0.2) is 5.82 Å². The lowest BCUT2D eigenvalue weighted by molar-refractivity contribution is -0.0428. The van der Waals surface area contributed by atoms with Crippen LogP contribution in [0.2, 0.25) is 0 Å². The van der Waals surface area contributed by atoms with E-state index < -0.39 is 0 Å². The first-order valence-electron chi connectivity index (χ1n) is 8.72. The SMILES string of the molecule is Cc1ccc(-c2nc3c(c(SCCN(C)C)n2)COC(C)(C)C3)cc1. The Hall–Kier alpha value is -1.43. The molecule has 0 N–H and O–H groups in total. The van der Waals surface area contributed by atoms with Crippen LogP contribution < -0.4 is 0 Å². The van der Waals surface area contributed by atoms with Crippen molar-refractivity contribution in [2.75, 3.05) is 26.4 Å². The van der Waals surface area contributed by atoms with Gasteiger partial charge >= 0.3 is 0 Å². The molecular formula is C20H27N3OS. The standard InChI is InChI=1S/C20H27N3OS/c1-14-6-8-15(9-7-14)18-21-17-12-20(2,3)24-13-16(17)19(22-18)25-11-10-23(4)5/h6-9H,10-13H2,1-5H3. The Bertz CT molecular complexity index is 741. The molecule has 2 aromatic rings. The first-order valence-corrected chi connectivity index (χ1v) is 9.71. The van der Waals surface area contributed by atoms with Crippen LogP contribution in [0.25, 0.3) is 11.4 Å². The number of nitrogens with zero attached hydrogens (tertiary/aromatic N) is 3. The molecule has 0 saturated heterocycles. The summed E-state index contributed by atoms with van der Waals surface area (Å²) in [6, 6.07) is 8.44. The quantitative estimate of drug-likeness (QED) is 0.598. The van der Waals surface area contributed by atoms with Crippen LogP contribution in [0, 0.1) is 6.92 Å². The summed E-state index contributed by atoms with van der Waals surface area (Å²) >= 11 is 1.80. The zero-order valence-corrected chi connectivity index (χ0v) is 16.6. The minimum absolute atomic E-state index is 0.169. The summed E-state index contributed by atoms with van der Waals surface area (Å²) in [5.41, 5.74) is 4.45. The van der Waals surface area contributed by atoms with E-state index in [1.165, 1.54) is 11.1 Å². The van der Waals surface area contributed by atoms with Crippen LogP contribution in [0.1, 0.15) is 30.7 Å². The minimum atomic E-state index is -0.169. The maximum atomic E-state index is 6.02. The Labute approximate surface area is 155 Å². The fourth-order valence-corrected chi connectivity index (χ4v) is 3.95. The molecule has 0 unspecified atom stereocenters. The molecule has 0 aliphatic carbocycles. The van der Waals surface area contributed by atoms with Gasteiger partial charge in [-0.2, -0.15) is 0 Å². The van der Waals surface area contributed by atoms with Crippen LogP contribution in [0.5, 0.6) is 0 Å². The summed E-state index contributed by atoms with van der Waals surface area (Å²) in [7, 11) is 4.19. The highest BCUT2D eigenvalue weighted by Crippen LogP contribution is 2.34. The molecule has 0 atom stereocenters. The number of ether oxygens (including phenoxy) is 1. The number of aryl methyl sites for hydroxylation is 1. The zero-order chi connectivity index (χ0) is 18.0. The van der Waals surface area contributed by atoms with Crippen molar-refractivity contribution < 1.29 is 4.74 Å². The van der Waals surface area contributed by atoms with Gasteiger partial charge < -0.3 is 9.64 Å². The number of thioether (sulfide) groups is 1. The molecule has 0 bridgehead atoms. The van der Waals surface area contributed by atoms with Crippen molar-refractivity contribution in [1.29, 1.82) is 0 Å². The summed E-state index contributed by atoms with van der Waals surface area (Å²) < 4.78 is 6.02. The van der Waals surface area contributed by atoms with Gasteiger partial charge in [-0.15, -0.1) is 11.8 Å². The Morgan fingerprint density at radius 1 is 1.16 bits per heavy atom. The predicted molar refractivity (Wildman–Crippen MR) is 104 cm³/mol. The summed E-state index contributed by atoms with van der Waals surface area (Å²) in [6.45, 7) is 7.97. The molecule has 0 saturated carbocycles. The number of fused-ring (bicyclic) bond motifs is 1. The van der Waals surface area contributed by atoms with Crippen molar-refractivity contribution in [2.24, 2.45) is 0 Å². The van der Waals surface area contributed by atoms with Crippen molar-refractivity contribution in [3.63, 3.8) is 0 Å². The van der Waals surface area contributed by atoms with Crippen molar-refractivity contribution in [3.8, 4) is 11.4 Å². The minimum Gasteiger partial charge on any atom is -0.370 e. The molecule has 1 aromatic carbocycles. The van der Waals surface area contributed by atoms with Crippen LogP contribution in [0.15, 0.2) is 29.3 Å². The topological polar surface area (TPSA) is 38.2 Å². The van der Waals surface area contributed by atoms with Crippen molar-refractivity contribution in [1.82, 2.24) is 14.9 Å². The monoisotopic (exact) mass is 357 g/mol. The van der Waals surface area contributed by atoms with E-state index in [2.05, 4.69) is 64.0 Å². The third-order valence-corrected chi connectivity index (χ3v) is 5.34. The second kappa shape index (κ2) is 7.44. The molecule has 25 heavy (non-hydrogen) atoms. The van der Waals surface area contributed by atoms with Gasteiger partial charge in [0.05, 0.1) is 17.9 Å². The van der Waals surface area contributed by atoms with Gasteiger partial charge in [0.25, 0.3) is 0 Å². The van der Waals surface area contributed by atoms with Crippen molar-refractivity contribution in [2.45, 2.75) is 44.4 Å². The van der Waals surface area contributed by atoms with E-state index in [4.69, 9.17) is 14.7 Å². The van der Waals surface area contributed by atoms with Crippen LogP contribution in [0.3, 0.4) is 0 Å². The fourth-order valence-electron chi connectivity index (χ4n) is 2.80. The Morgan fingerprint density at radius 3 is 2.56 bits per heavy atom. The number of hydrogen-bond acceptors (Lipinski definition) is 5. The summed E-state index contributed by atoms with van der Waals surface area (Å²) in [5.74, 6) is 1.83. The van der Waals surface area contributed by atoms with E-state index in [-0.39, 0.29) is 5.60 Å². The van der Waals surface area contributed by atoms with Gasteiger partial charge in [-0.25, -0.2) is 9.97 Å². The maximum Gasteiger partial charge on any atom is 0.160 e. The third-order valence-electron chi connectivity index (χ3n) is 4.34. The first-order chi connectivity index (χ1) is 11.8. The van der Waals surface area contributed by atoms with Crippen molar-refractivity contribution in [3.05, 3.63) is 41.1 Å². The molecule has 0 radical (unpaired) electrons. The third kappa shape index (κ3) is 4.60. The molecule has 134 valence electrons. The lowest BCUT2D eigenvalue weighted by atomic mass is 9.96. The van der Waals surface area contributed by atoms with E-state index in [9.17, 15) is 0 Å². The number of benzene rings is 1. The van der Waals surface area contributed by atoms with Crippen LogP contribution >= 0.6 is 11.8 Å². The summed E-state index contributed by atoms with van der Waals surface area (Å²) in [5, 5.41) is 1.07. The maximum absolute atomic E-state index is 6.02. The molecule has 3 rings (SSSR count). The highest BCUT2D eigenvalue weighted by Gasteiger charge is 2.30. The average Bonchev–Trinajstić information content (AvgIpc) is 2.53. The number of rotatable bonds is 5. The molecule has 5 heteroatoms. The smallest absolute Gasteiger partial charge is 0.160 e. The Morgan fingerprint density at radius 2 is 1.88 bits per heavy atom. The van der Waals surface area contributed by atoms with E-state index in [1.54, 1.807) is 11.8 Å². The van der Waals surface area contributed by atoms with Crippen LogP contribution in [-0.2, 0) is 17.8 Å². The number of aromatic nitrogens is 2. The highest BCUT2D eigenvalue weighted by atomic mass is 32.2. The lowest BCUT2D eigenvalue weighted by Gasteiger charge is -2.32. The van der Waals surface area contributed by atoms with E-state index in [0.29, 0.717) is 6.61 Å². The molecular weight excluding hydrogens is 330 g/mol. The van der Waals surface area contributed by atoms with Crippen molar-refractivity contribution >= 4 is 11.8 Å². The molecule has 1 aliphatic rings. The molecule has 0 spiro atoms. The highest BCUT2D eigenvalue weighted by molar-refractivity contribution is 7.99. The average molecular weight is 358 g/mol. The van der Waals surface area contributed by atoms with Crippen LogP contribution in [-0.4, -0.2) is 46.9 Å². The Kier molecular flexibility index (Phi) is 5.46. The van der Waals surface area contributed by atoms with E-state index in [0.717, 1.165) is 40.8 Å². The lowest BCUT2D eigenvalue weighted by Crippen LogP contribution is -2.33. The van der Waals surface area contributed by atoms with E-state index >= 15 is 0 Å². The normalized spacial score (nSPS) is 16.1. The molecule has 1 aliphatic heterocycles. The second-order valence-corrected chi connectivity index (χ2v) is 8.60. The van der Waals surface area contributed by atoms with Crippen LogP contribution in [0.4, 0.5) is 0 Å². The molecule has 2 heterocycles. The molecule has 1 aromatic heterocycles. The first kappa shape index (κ1) is 18.4. The largest absolute Gasteiger partial charge is 0.370 e.